The van der Waals surface area contributed by atoms with E-state index < -0.39 is 5.97 Å². The molecule has 7 heteroatoms. The molecule has 5 nitrogen and oxygen atoms in total. The maximum absolute atomic E-state index is 12.1. The monoisotopic (exact) mass is 306 g/mol. The fourth-order valence-electron chi connectivity index (χ4n) is 2.05. The van der Waals surface area contributed by atoms with Gasteiger partial charge >= 0.3 is 5.97 Å². The van der Waals surface area contributed by atoms with Crippen LogP contribution in [0.25, 0.3) is 10.2 Å². The summed E-state index contributed by atoms with van der Waals surface area (Å²) >= 11 is 2.64. The van der Waals surface area contributed by atoms with E-state index >= 15 is 0 Å². The lowest BCUT2D eigenvalue weighted by Gasteiger charge is -1.98. The zero-order chi connectivity index (χ0) is 14.3. The van der Waals surface area contributed by atoms with Gasteiger partial charge in [0, 0.05) is 11.3 Å². The van der Waals surface area contributed by atoms with Crippen molar-refractivity contribution in [1.82, 2.24) is 9.97 Å². The summed E-state index contributed by atoms with van der Waals surface area (Å²) in [6.45, 7) is 1.64. The molecule has 3 aromatic heterocycles. The number of thiophene rings is 2. The average molecular weight is 306 g/mol. The molecule has 3 aromatic rings. The van der Waals surface area contributed by atoms with Crippen LogP contribution in [0.5, 0.6) is 0 Å². The molecule has 0 aliphatic carbocycles. The first-order valence-electron chi connectivity index (χ1n) is 5.84. The highest BCUT2D eigenvalue weighted by atomic mass is 32.1. The normalized spacial score (nSPS) is 11.1. The summed E-state index contributed by atoms with van der Waals surface area (Å²) < 4.78 is 0. The number of aromatic carboxylic acids is 1. The smallest absolute Gasteiger partial charge is 0.346 e. The van der Waals surface area contributed by atoms with Crippen molar-refractivity contribution in [3.63, 3.8) is 0 Å². The van der Waals surface area contributed by atoms with Crippen LogP contribution in [-0.2, 0) is 6.42 Å². The molecule has 0 fully saturated rings. The van der Waals surface area contributed by atoms with Crippen LogP contribution in [0.2, 0.25) is 0 Å². The largest absolute Gasteiger partial charge is 0.477 e. The summed E-state index contributed by atoms with van der Waals surface area (Å²) in [4.78, 5) is 32.1. The topological polar surface area (TPSA) is 83.0 Å². The van der Waals surface area contributed by atoms with E-state index in [0.717, 1.165) is 16.2 Å². The molecule has 0 radical (unpaired) electrons. The van der Waals surface area contributed by atoms with Crippen LogP contribution in [0.4, 0.5) is 0 Å². The number of nitrogens with zero attached hydrogens (tertiary/aromatic N) is 1. The summed E-state index contributed by atoms with van der Waals surface area (Å²) in [7, 11) is 0. The maximum Gasteiger partial charge on any atom is 0.346 e. The van der Waals surface area contributed by atoms with Crippen LogP contribution >= 0.6 is 22.7 Å². The molecule has 0 unspecified atom stereocenters. The van der Waals surface area contributed by atoms with E-state index in [0.29, 0.717) is 28.0 Å². The molecule has 0 aliphatic heterocycles. The Kier molecular flexibility index (Phi) is 3.15. The predicted molar refractivity (Wildman–Crippen MR) is 79.1 cm³/mol. The van der Waals surface area contributed by atoms with Gasteiger partial charge in [-0.25, -0.2) is 9.78 Å². The van der Waals surface area contributed by atoms with E-state index in [4.69, 9.17) is 5.11 Å². The zero-order valence-electron chi connectivity index (χ0n) is 10.5. The summed E-state index contributed by atoms with van der Waals surface area (Å²) in [5, 5.41) is 11.4. The Balaban J connectivity index is 2.14. The zero-order valence-corrected chi connectivity index (χ0v) is 12.1. The van der Waals surface area contributed by atoms with E-state index in [-0.39, 0.29) is 10.4 Å². The van der Waals surface area contributed by atoms with E-state index in [1.54, 1.807) is 18.3 Å². The number of hydrogen-bond acceptors (Lipinski definition) is 5. The van der Waals surface area contributed by atoms with Gasteiger partial charge in [-0.05, 0) is 23.9 Å². The van der Waals surface area contributed by atoms with Gasteiger partial charge in [-0.15, -0.1) is 22.7 Å². The number of fused-ring (bicyclic) bond motifs is 1. The van der Waals surface area contributed by atoms with Crippen LogP contribution in [0.1, 0.15) is 25.9 Å². The van der Waals surface area contributed by atoms with E-state index in [1.807, 2.05) is 17.5 Å². The van der Waals surface area contributed by atoms with Crippen LogP contribution < -0.4 is 5.56 Å². The second kappa shape index (κ2) is 4.84. The van der Waals surface area contributed by atoms with Gasteiger partial charge in [0.05, 0.1) is 5.39 Å². The van der Waals surface area contributed by atoms with Gasteiger partial charge in [-0.2, -0.15) is 0 Å². The molecule has 102 valence electrons. The highest BCUT2D eigenvalue weighted by Crippen LogP contribution is 2.27. The van der Waals surface area contributed by atoms with E-state index in [9.17, 15) is 9.59 Å². The number of aromatic nitrogens is 2. The van der Waals surface area contributed by atoms with Gasteiger partial charge in [-0.3, -0.25) is 4.79 Å². The minimum absolute atomic E-state index is 0.172. The number of H-pyrrole nitrogens is 1. The number of carboxylic acids is 1. The van der Waals surface area contributed by atoms with Crippen molar-refractivity contribution in [3.8, 4) is 0 Å². The standard InChI is InChI=1S/C13H10N2O3S2/c1-6-9-11(16)14-8(5-7-3-2-4-19-7)15-12(9)20-10(6)13(17)18/h2-4H,5H2,1H3,(H,17,18)(H,14,15,16). The second-order valence-electron chi connectivity index (χ2n) is 4.31. The van der Waals surface area contributed by atoms with Crippen LogP contribution in [0.15, 0.2) is 22.3 Å². The Morgan fingerprint density at radius 3 is 2.95 bits per heavy atom. The lowest BCUT2D eigenvalue weighted by Crippen LogP contribution is -2.11. The van der Waals surface area contributed by atoms with Gasteiger partial charge in [0.25, 0.3) is 5.56 Å². The molecule has 0 aromatic carbocycles. The maximum atomic E-state index is 12.1. The Hall–Kier alpha value is -1.99. The van der Waals surface area contributed by atoms with Gasteiger partial charge in [-0.1, -0.05) is 6.07 Å². The van der Waals surface area contributed by atoms with Crippen molar-refractivity contribution in [2.45, 2.75) is 13.3 Å². The fourth-order valence-corrected chi connectivity index (χ4v) is 3.80. The number of aryl methyl sites for hydroxylation is 1. The number of carbonyl (C=O) groups is 1. The van der Waals surface area contributed by atoms with Crippen molar-refractivity contribution in [2.24, 2.45) is 0 Å². The third-order valence-electron chi connectivity index (χ3n) is 2.97. The van der Waals surface area contributed by atoms with Crippen LogP contribution in [0, 0.1) is 6.92 Å². The molecule has 0 saturated carbocycles. The van der Waals surface area contributed by atoms with Crippen molar-refractivity contribution in [3.05, 3.63) is 49.0 Å². The van der Waals surface area contributed by atoms with Crippen molar-refractivity contribution >= 4 is 38.9 Å². The molecule has 0 bridgehead atoms. The van der Waals surface area contributed by atoms with Crippen LogP contribution in [-0.4, -0.2) is 21.0 Å². The van der Waals surface area contributed by atoms with Gasteiger partial charge in [0.2, 0.25) is 0 Å². The molecule has 0 aliphatic rings. The Labute approximate surface area is 121 Å². The minimum atomic E-state index is -1.02. The summed E-state index contributed by atoms with van der Waals surface area (Å²) in [5.41, 5.74) is 0.205. The number of hydrogen-bond donors (Lipinski definition) is 2. The molecular weight excluding hydrogens is 296 g/mol. The lowest BCUT2D eigenvalue weighted by atomic mass is 10.2. The molecule has 0 amide bonds. The predicted octanol–water partition coefficient (Wildman–Crippen LogP) is 2.64. The van der Waals surface area contributed by atoms with Gasteiger partial charge in [0.1, 0.15) is 15.5 Å². The van der Waals surface area contributed by atoms with E-state index in [2.05, 4.69) is 9.97 Å². The fraction of sp³-hybridized carbons (Fsp3) is 0.154. The SMILES string of the molecule is Cc1c(C(=O)O)sc2nc(Cc3cccs3)[nH]c(=O)c12. The number of rotatable bonds is 3. The molecule has 0 spiro atoms. The lowest BCUT2D eigenvalue weighted by molar-refractivity contribution is 0.0701. The molecular formula is C13H10N2O3S2. The highest BCUT2D eigenvalue weighted by molar-refractivity contribution is 7.20. The number of nitrogens with one attached hydrogen (secondary N) is 1. The first-order valence-corrected chi connectivity index (χ1v) is 7.54. The number of carboxylic acid groups (broad SMARTS) is 1. The molecule has 3 heterocycles. The Morgan fingerprint density at radius 2 is 2.30 bits per heavy atom. The summed E-state index contributed by atoms with van der Waals surface area (Å²) in [6.07, 6.45) is 0.544. The highest BCUT2D eigenvalue weighted by Gasteiger charge is 2.18. The first kappa shape index (κ1) is 13.0. The summed E-state index contributed by atoms with van der Waals surface area (Å²) in [6, 6.07) is 3.91. The Bertz CT molecular complexity index is 846. The van der Waals surface area contributed by atoms with Gasteiger partial charge < -0.3 is 10.1 Å². The van der Waals surface area contributed by atoms with Crippen molar-refractivity contribution in [2.75, 3.05) is 0 Å². The van der Waals surface area contributed by atoms with Crippen molar-refractivity contribution < 1.29 is 9.90 Å². The molecule has 2 N–H and O–H groups in total. The third-order valence-corrected chi connectivity index (χ3v) is 5.02. The first-order chi connectivity index (χ1) is 9.56. The molecule has 0 atom stereocenters. The average Bonchev–Trinajstić information content (AvgIpc) is 2.97. The number of aromatic amines is 1. The quantitative estimate of drug-likeness (QED) is 0.779. The molecule has 3 rings (SSSR count). The van der Waals surface area contributed by atoms with Crippen LogP contribution in [0.3, 0.4) is 0 Å². The van der Waals surface area contributed by atoms with Crippen molar-refractivity contribution in [1.29, 1.82) is 0 Å². The third kappa shape index (κ3) is 2.14. The second-order valence-corrected chi connectivity index (χ2v) is 6.34. The van der Waals surface area contributed by atoms with E-state index in [1.165, 1.54) is 0 Å². The van der Waals surface area contributed by atoms with Gasteiger partial charge in [0.15, 0.2) is 0 Å². The summed E-state index contributed by atoms with van der Waals surface area (Å²) in [5.74, 6) is -0.465. The molecule has 0 saturated heterocycles. The minimum Gasteiger partial charge on any atom is -0.477 e. The molecule has 20 heavy (non-hydrogen) atoms. The Morgan fingerprint density at radius 1 is 1.50 bits per heavy atom.